The number of hydrogen-bond donors (Lipinski definition) is 2. The molecule has 1 atom stereocenters. The van der Waals surface area contributed by atoms with Gasteiger partial charge in [-0.05, 0) is 26.2 Å². The van der Waals surface area contributed by atoms with Crippen LogP contribution in [0.25, 0.3) is 0 Å². The molecule has 1 aliphatic rings. The van der Waals surface area contributed by atoms with Crippen molar-refractivity contribution in [3.05, 3.63) is 12.2 Å². The van der Waals surface area contributed by atoms with Gasteiger partial charge < -0.3 is 10.4 Å². The van der Waals surface area contributed by atoms with E-state index < -0.39 is 12.0 Å². The van der Waals surface area contributed by atoms with Crippen LogP contribution >= 0.6 is 0 Å². The molecule has 0 bridgehead atoms. The number of nitrogens with one attached hydrogen (secondary N) is 1. The van der Waals surface area contributed by atoms with Crippen LogP contribution in [0, 0.1) is 5.92 Å². The molecule has 1 rings (SSSR count). The highest BCUT2D eigenvalue weighted by Crippen LogP contribution is 2.24. The molecule has 1 unspecified atom stereocenters. The number of carboxylic acid groups (broad SMARTS) is 1. The van der Waals surface area contributed by atoms with Gasteiger partial charge in [0.05, 0.1) is 0 Å². The fourth-order valence-corrected chi connectivity index (χ4v) is 1.97. The smallest absolute Gasteiger partial charge is 0.326 e. The fraction of sp³-hybridized carbons (Fsp3) is 0.667. The second-order valence-electron chi connectivity index (χ2n) is 4.19. The zero-order chi connectivity index (χ0) is 12.0. The molecule has 0 spiro atoms. The van der Waals surface area contributed by atoms with Crippen molar-refractivity contribution < 1.29 is 14.7 Å². The van der Waals surface area contributed by atoms with Crippen LogP contribution in [0.4, 0.5) is 0 Å². The predicted octanol–water partition coefficient (Wildman–Crippen LogP) is 1.71. The van der Waals surface area contributed by atoms with Crippen molar-refractivity contribution in [2.75, 3.05) is 0 Å². The Bertz CT molecular complexity index is 280. The first-order valence-corrected chi connectivity index (χ1v) is 5.79. The van der Waals surface area contributed by atoms with Crippen LogP contribution in [0.2, 0.25) is 0 Å². The lowest BCUT2D eigenvalue weighted by Crippen LogP contribution is -2.42. The molecule has 1 fully saturated rings. The van der Waals surface area contributed by atoms with Gasteiger partial charge in [-0.25, -0.2) is 4.79 Å². The Balaban J connectivity index is 2.46. The van der Waals surface area contributed by atoms with Crippen LogP contribution in [-0.4, -0.2) is 23.0 Å². The van der Waals surface area contributed by atoms with Crippen molar-refractivity contribution >= 4 is 11.9 Å². The molecule has 0 aliphatic heterocycles. The minimum absolute atomic E-state index is 0.0208. The first kappa shape index (κ1) is 12.7. The Labute approximate surface area is 95.7 Å². The molecule has 90 valence electrons. The predicted molar refractivity (Wildman–Crippen MR) is 61.0 cm³/mol. The highest BCUT2D eigenvalue weighted by atomic mass is 16.4. The van der Waals surface area contributed by atoms with Gasteiger partial charge in [0.15, 0.2) is 0 Å². The first-order chi connectivity index (χ1) is 7.65. The zero-order valence-electron chi connectivity index (χ0n) is 9.61. The third kappa shape index (κ3) is 3.68. The molecule has 0 aromatic heterocycles. The third-order valence-corrected chi connectivity index (χ3v) is 2.95. The summed E-state index contributed by atoms with van der Waals surface area (Å²) in [4.78, 5) is 22.6. The van der Waals surface area contributed by atoms with Crippen molar-refractivity contribution in [2.45, 2.75) is 45.1 Å². The lowest BCUT2D eigenvalue weighted by atomic mass is 10.1. The topological polar surface area (TPSA) is 66.4 Å². The summed E-state index contributed by atoms with van der Waals surface area (Å²) in [5.41, 5.74) is 0. The van der Waals surface area contributed by atoms with E-state index in [4.69, 9.17) is 5.11 Å². The van der Waals surface area contributed by atoms with E-state index >= 15 is 0 Å². The number of carbonyl (C=O) groups is 2. The fourth-order valence-electron chi connectivity index (χ4n) is 1.97. The van der Waals surface area contributed by atoms with Gasteiger partial charge in [0.25, 0.3) is 0 Å². The normalized spacial score (nSPS) is 18.8. The Hall–Kier alpha value is -1.32. The SMILES string of the molecule is C/C=C/CC(NC(=O)C1CCCC1)C(=O)O. The second-order valence-corrected chi connectivity index (χ2v) is 4.19. The van der Waals surface area contributed by atoms with Crippen molar-refractivity contribution in [1.29, 1.82) is 0 Å². The van der Waals surface area contributed by atoms with Gasteiger partial charge in [0, 0.05) is 5.92 Å². The van der Waals surface area contributed by atoms with E-state index in [2.05, 4.69) is 5.32 Å². The molecule has 0 saturated heterocycles. The lowest BCUT2D eigenvalue weighted by molar-refractivity contribution is -0.142. The quantitative estimate of drug-likeness (QED) is 0.700. The van der Waals surface area contributed by atoms with Crippen LogP contribution in [-0.2, 0) is 9.59 Å². The van der Waals surface area contributed by atoms with E-state index in [9.17, 15) is 9.59 Å². The van der Waals surface area contributed by atoms with E-state index in [-0.39, 0.29) is 11.8 Å². The highest BCUT2D eigenvalue weighted by molar-refractivity contribution is 5.85. The van der Waals surface area contributed by atoms with Crippen molar-refractivity contribution in [3.8, 4) is 0 Å². The van der Waals surface area contributed by atoms with Gasteiger partial charge in [-0.1, -0.05) is 25.0 Å². The number of carboxylic acids is 1. The summed E-state index contributed by atoms with van der Waals surface area (Å²) in [5, 5.41) is 11.5. The van der Waals surface area contributed by atoms with Gasteiger partial charge in [0.2, 0.25) is 5.91 Å². The van der Waals surface area contributed by atoms with E-state index in [1.807, 2.05) is 6.92 Å². The number of allylic oxidation sites excluding steroid dienone is 1. The van der Waals surface area contributed by atoms with Crippen LogP contribution in [0.3, 0.4) is 0 Å². The summed E-state index contributed by atoms with van der Waals surface area (Å²) >= 11 is 0. The molecule has 2 N–H and O–H groups in total. The number of amides is 1. The van der Waals surface area contributed by atoms with Crippen LogP contribution in [0.1, 0.15) is 39.0 Å². The Morgan fingerprint density at radius 1 is 1.44 bits per heavy atom. The Morgan fingerprint density at radius 2 is 2.06 bits per heavy atom. The summed E-state index contributed by atoms with van der Waals surface area (Å²) in [6, 6.07) is -0.788. The monoisotopic (exact) mass is 225 g/mol. The largest absolute Gasteiger partial charge is 0.480 e. The van der Waals surface area contributed by atoms with Crippen molar-refractivity contribution in [3.63, 3.8) is 0 Å². The van der Waals surface area contributed by atoms with Crippen LogP contribution < -0.4 is 5.32 Å². The number of aliphatic carboxylic acids is 1. The minimum atomic E-state index is -0.968. The number of carbonyl (C=O) groups excluding carboxylic acids is 1. The Morgan fingerprint density at radius 3 is 2.56 bits per heavy atom. The minimum Gasteiger partial charge on any atom is -0.480 e. The third-order valence-electron chi connectivity index (χ3n) is 2.95. The average molecular weight is 225 g/mol. The average Bonchev–Trinajstić information content (AvgIpc) is 2.76. The standard InChI is InChI=1S/C12H19NO3/c1-2-3-8-10(12(15)16)13-11(14)9-6-4-5-7-9/h2-3,9-10H,4-8H2,1H3,(H,13,14)(H,15,16)/b3-2+. The molecule has 0 radical (unpaired) electrons. The maximum Gasteiger partial charge on any atom is 0.326 e. The van der Waals surface area contributed by atoms with Gasteiger partial charge in [-0.2, -0.15) is 0 Å². The van der Waals surface area contributed by atoms with Crippen LogP contribution in [0.15, 0.2) is 12.2 Å². The lowest BCUT2D eigenvalue weighted by Gasteiger charge is -2.15. The van der Waals surface area contributed by atoms with E-state index in [0.29, 0.717) is 6.42 Å². The van der Waals surface area contributed by atoms with E-state index in [1.54, 1.807) is 12.2 Å². The van der Waals surface area contributed by atoms with E-state index in [1.165, 1.54) is 0 Å². The molecule has 16 heavy (non-hydrogen) atoms. The van der Waals surface area contributed by atoms with Crippen LogP contribution in [0.5, 0.6) is 0 Å². The molecular weight excluding hydrogens is 206 g/mol. The zero-order valence-corrected chi connectivity index (χ0v) is 9.61. The van der Waals surface area contributed by atoms with Gasteiger partial charge >= 0.3 is 5.97 Å². The molecule has 1 aliphatic carbocycles. The van der Waals surface area contributed by atoms with Gasteiger partial charge in [-0.3, -0.25) is 4.79 Å². The van der Waals surface area contributed by atoms with Gasteiger partial charge in [-0.15, -0.1) is 0 Å². The molecule has 0 aromatic rings. The number of rotatable bonds is 5. The molecule has 4 heteroatoms. The van der Waals surface area contributed by atoms with Gasteiger partial charge in [0.1, 0.15) is 6.04 Å². The Kier molecular flexibility index (Phi) is 5.02. The molecule has 1 saturated carbocycles. The maximum atomic E-state index is 11.7. The van der Waals surface area contributed by atoms with Crippen molar-refractivity contribution in [2.24, 2.45) is 5.92 Å². The highest BCUT2D eigenvalue weighted by Gasteiger charge is 2.26. The maximum absolute atomic E-state index is 11.7. The molecule has 4 nitrogen and oxygen atoms in total. The van der Waals surface area contributed by atoms with Crippen molar-refractivity contribution in [1.82, 2.24) is 5.32 Å². The second kappa shape index (κ2) is 6.30. The molecular formula is C12H19NO3. The van der Waals surface area contributed by atoms with E-state index in [0.717, 1.165) is 25.7 Å². The summed E-state index contributed by atoms with van der Waals surface area (Å²) in [5.74, 6) is -1.05. The summed E-state index contributed by atoms with van der Waals surface area (Å²) in [6.45, 7) is 1.83. The molecule has 0 heterocycles. The summed E-state index contributed by atoms with van der Waals surface area (Å²) in [7, 11) is 0. The summed E-state index contributed by atoms with van der Waals surface area (Å²) < 4.78 is 0. The molecule has 1 amide bonds. The summed E-state index contributed by atoms with van der Waals surface area (Å²) in [6.07, 6.45) is 7.83. The molecule has 0 aromatic carbocycles. The number of hydrogen-bond acceptors (Lipinski definition) is 2. The first-order valence-electron chi connectivity index (χ1n) is 5.79.